The van der Waals surface area contributed by atoms with Crippen molar-refractivity contribution >= 4 is 33.2 Å². The van der Waals surface area contributed by atoms with Gasteiger partial charge >= 0.3 is 0 Å². The summed E-state index contributed by atoms with van der Waals surface area (Å²) in [6, 6.07) is 24.4. The van der Waals surface area contributed by atoms with Crippen molar-refractivity contribution in [3.8, 4) is 17.1 Å². The number of hydrogen-bond acceptors (Lipinski definition) is 4. The Morgan fingerprint density at radius 2 is 1.69 bits per heavy atom. The summed E-state index contributed by atoms with van der Waals surface area (Å²) in [6.07, 6.45) is 1.77. The molecule has 0 saturated heterocycles. The number of para-hydroxylation sites is 2. The molecule has 6 aromatic rings. The molecule has 4 aromatic heterocycles. The van der Waals surface area contributed by atoms with E-state index in [0.29, 0.717) is 11.4 Å². The smallest absolute Gasteiger partial charge is 0.227 e. The lowest BCUT2D eigenvalue weighted by atomic mass is 10.1. The maximum Gasteiger partial charge on any atom is 0.227 e. The van der Waals surface area contributed by atoms with E-state index in [0.717, 1.165) is 44.6 Å². The van der Waals surface area contributed by atoms with Gasteiger partial charge in [-0.05, 0) is 49.4 Å². The second kappa shape index (κ2) is 6.01. The number of fused-ring (bicyclic) bond motifs is 4. The van der Waals surface area contributed by atoms with E-state index in [4.69, 9.17) is 9.40 Å². The van der Waals surface area contributed by atoms with Crippen LogP contribution in [-0.4, -0.2) is 19.5 Å². The van der Waals surface area contributed by atoms with E-state index in [-0.39, 0.29) is 0 Å². The number of imidazole rings is 1. The van der Waals surface area contributed by atoms with Crippen molar-refractivity contribution in [1.29, 1.82) is 0 Å². The SMILES string of the molecule is Cc1ccc2c(n1)oc1c(-c3nc4ncccc4n3-c3ccccc3)cccc12. The average Bonchev–Trinajstić information content (AvgIpc) is 3.32. The van der Waals surface area contributed by atoms with Gasteiger partial charge in [0.25, 0.3) is 0 Å². The van der Waals surface area contributed by atoms with Crippen LogP contribution in [-0.2, 0) is 0 Å². The molecule has 6 rings (SSSR count). The Balaban J connectivity index is 1.73. The van der Waals surface area contributed by atoms with E-state index in [1.807, 2.05) is 55.5 Å². The Kier molecular flexibility index (Phi) is 3.32. The van der Waals surface area contributed by atoms with Crippen molar-refractivity contribution in [2.24, 2.45) is 0 Å². The van der Waals surface area contributed by atoms with Crippen LogP contribution in [0, 0.1) is 6.92 Å². The van der Waals surface area contributed by atoms with Gasteiger partial charge in [-0.25, -0.2) is 15.0 Å². The lowest BCUT2D eigenvalue weighted by molar-refractivity contribution is 0.653. The lowest BCUT2D eigenvalue weighted by Gasteiger charge is -2.09. The molecule has 138 valence electrons. The van der Waals surface area contributed by atoms with Crippen LogP contribution in [0.1, 0.15) is 5.69 Å². The highest BCUT2D eigenvalue weighted by Crippen LogP contribution is 2.36. The highest BCUT2D eigenvalue weighted by Gasteiger charge is 2.20. The van der Waals surface area contributed by atoms with E-state index in [2.05, 4.69) is 38.8 Å². The van der Waals surface area contributed by atoms with Crippen molar-refractivity contribution < 1.29 is 4.42 Å². The molecule has 0 bridgehead atoms. The number of nitrogens with zero attached hydrogens (tertiary/aromatic N) is 4. The lowest BCUT2D eigenvalue weighted by Crippen LogP contribution is -1.97. The van der Waals surface area contributed by atoms with Crippen LogP contribution in [0.5, 0.6) is 0 Å². The molecule has 2 aromatic carbocycles. The zero-order valence-electron chi connectivity index (χ0n) is 15.7. The average molecular weight is 376 g/mol. The standard InChI is InChI=1S/C24H16N4O/c1-15-12-13-18-17-9-5-10-19(21(17)29-24(18)26-15)23-27-22-20(11-6-14-25-22)28(23)16-7-3-2-4-8-16/h2-14H,1H3. The number of aromatic nitrogens is 4. The normalized spacial score (nSPS) is 11.6. The Hall–Kier alpha value is -3.99. The molecule has 0 aliphatic carbocycles. The molecule has 0 unspecified atom stereocenters. The number of hydrogen-bond donors (Lipinski definition) is 0. The van der Waals surface area contributed by atoms with E-state index in [1.165, 1.54) is 0 Å². The van der Waals surface area contributed by atoms with Gasteiger partial charge in [-0.1, -0.05) is 30.3 Å². The third kappa shape index (κ3) is 2.37. The van der Waals surface area contributed by atoms with E-state index < -0.39 is 0 Å². The Labute approximate surface area is 166 Å². The molecule has 0 amide bonds. The summed E-state index contributed by atoms with van der Waals surface area (Å²) in [5, 5.41) is 2.04. The fourth-order valence-electron chi connectivity index (χ4n) is 3.88. The van der Waals surface area contributed by atoms with Crippen LogP contribution >= 0.6 is 0 Å². The maximum absolute atomic E-state index is 6.22. The topological polar surface area (TPSA) is 56.7 Å². The highest BCUT2D eigenvalue weighted by atomic mass is 16.3. The molecule has 0 saturated carbocycles. The van der Waals surface area contributed by atoms with Gasteiger partial charge in [-0.15, -0.1) is 0 Å². The third-order valence-corrected chi connectivity index (χ3v) is 5.19. The van der Waals surface area contributed by atoms with E-state index in [1.54, 1.807) is 6.20 Å². The Bertz CT molecular complexity index is 1510. The summed E-state index contributed by atoms with van der Waals surface area (Å²) in [4.78, 5) is 13.9. The van der Waals surface area contributed by atoms with Gasteiger partial charge < -0.3 is 4.42 Å². The Morgan fingerprint density at radius 1 is 0.793 bits per heavy atom. The van der Waals surface area contributed by atoms with Crippen molar-refractivity contribution in [3.05, 3.63) is 84.7 Å². The number of rotatable bonds is 2. The fourth-order valence-corrected chi connectivity index (χ4v) is 3.88. The van der Waals surface area contributed by atoms with Gasteiger partial charge in [0.05, 0.1) is 11.1 Å². The zero-order valence-corrected chi connectivity index (χ0v) is 15.7. The van der Waals surface area contributed by atoms with Crippen molar-refractivity contribution in [3.63, 3.8) is 0 Å². The van der Waals surface area contributed by atoms with Gasteiger partial charge in [-0.2, -0.15) is 0 Å². The molecule has 0 radical (unpaired) electrons. The monoisotopic (exact) mass is 376 g/mol. The van der Waals surface area contributed by atoms with E-state index in [9.17, 15) is 0 Å². The fraction of sp³-hybridized carbons (Fsp3) is 0.0417. The van der Waals surface area contributed by atoms with E-state index >= 15 is 0 Å². The van der Waals surface area contributed by atoms with Gasteiger partial charge in [-0.3, -0.25) is 4.57 Å². The minimum atomic E-state index is 0.646. The first kappa shape index (κ1) is 16.0. The summed E-state index contributed by atoms with van der Waals surface area (Å²) >= 11 is 0. The first-order valence-corrected chi connectivity index (χ1v) is 9.48. The molecule has 0 aliphatic heterocycles. The van der Waals surface area contributed by atoms with Crippen LogP contribution in [0.25, 0.3) is 50.3 Å². The van der Waals surface area contributed by atoms with Gasteiger partial charge in [0, 0.05) is 28.4 Å². The highest BCUT2D eigenvalue weighted by molar-refractivity contribution is 6.08. The second-order valence-corrected chi connectivity index (χ2v) is 7.04. The van der Waals surface area contributed by atoms with Gasteiger partial charge in [0.15, 0.2) is 11.5 Å². The predicted octanol–water partition coefficient (Wildman–Crippen LogP) is 5.69. The minimum absolute atomic E-state index is 0.646. The van der Waals surface area contributed by atoms with Gasteiger partial charge in [0.2, 0.25) is 5.71 Å². The molecule has 4 heterocycles. The van der Waals surface area contributed by atoms with Crippen LogP contribution in [0.2, 0.25) is 0 Å². The maximum atomic E-state index is 6.22. The number of furan rings is 1. The molecular weight excluding hydrogens is 360 g/mol. The third-order valence-electron chi connectivity index (χ3n) is 5.19. The minimum Gasteiger partial charge on any atom is -0.437 e. The quantitative estimate of drug-likeness (QED) is 0.389. The molecule has 0 aliphatic rings. The van der Waals surface area contributed by atoms with Crippen molar-refractivity contribution in [2.75, 3.05) is 0 Å². The predicted molar refractivity (Wildman–Crippen MR) is 114 cm³/mol. The van der Waals surface area contributed by atoms with Crippen LogP contribution in [0.4, 0.5) is 0 Å². The van der Waals surface area contributed by atoms with Crippen LogP contribution < -0.4 is 0 Å². The molecule has 5 heteroatoms. The summed E-state index contributed by atoms with van der Waals surface area (Å²) in [5.74, 6) is 0.797. The summed E-state index contributed by atoms with van der Waals surface area (Å²) in [6.45, 7) is 1.97. The molecule has 0 atom stereocenters. The largest absolute Gasteiger partial charge is 0.437 e. The first-order chi connectivity index (χ1) is 14.3. The zero-order chi connectivity index (χ0) is 19.4. The van der Waals surface area contributed by atoms with Crippen LogP contribution in [0.15, 0.2) is 83.4 Å². The molecule has 0 spiro atoms. The van der Waals surface area contributed by atoms with Crippen molar-refractivity contribution in [2.45, 2.75) is 6.92 Å². The number of aryl methyl sites for hydroxylation is 1. The summed E-state index contributed by atoms with van der Waals surface area (Å²) in [7, 11) is 0. The second-order valence-electron chi connectivity index (χ2n) is 7.04. The summed E-state index contributed by atoms with van der Waals surface area (Å²) < 4.78 is 8.35. The molecular formula is C24H16N4O. The molecule has 0 N–H and O–H groups in total. The number of benzene rings is 2. The first-order valence-electron chi connectivity index (χ1n) is 9.48. The van der Waals surface area contributed by atoms with Gasteiger partial charge in [0.1, 0.15) is 5.58 Å². The molecule has 0 fully saturated rings. The Morgan fingerprint density at radius 3 is 2.59 bits per heavy atom. The molecule has 29 heavy (non-hydrogen) atoms. The van der Waals surface area contributed by atoms with Crippen LogP contribution in [0.3, 0.4) is 0 Å². The summed E-state index contributed by atoms with van der Waals surface area (Å²) in [5.41, 5.74) is 5.96. The molecule has 5 nitrogen and oxygen atoms in total. The number of pyridine rings is 2. The van der Waals surface area contributed by atoms with Crippen molar-refractivity contribution in [1.82, 2.24) is 19.5 Å².